The number of amides is 4. The largest absolute Gasteiger partial charge is 0.481 e. The number of carbonyl (C=O) groups excluding carboxylic acids is 4. The third kappa shape index (κ3) is 11.8. The molecule has 0 aromatic heterocycles. The number of nitrogens with one attached hydrogen (secondary N) is 3. The predicted octanol–water partition coefficient (Wildman–Crippen LogP) is -1.70. The normalized spacial score (nSPS) is 14.6. The maximum absolute atomic E-state index is 12.8. The van der Waals surface area contributed by atoms with Gasteiger partial charge >= 0.3 is 11.9 Å². The second kappa shape index (κ2) is 14.0. The maximum atomic E-state index is 12.8. The van der Waals surface area contributed by atoms with Crippen LogP contribution in [0.3, 0.4) is 0 Å². The van der Waals surface area contributed by atoms with Crippen LogP contribution in [0.5, 0.6) is 0 Å². The number of hydrogen-bond donors (Lipinski definition) is 7. The fraction of sp³-hybridized carbons (Fsp3) is 0.700. The second-order valence-electron chi connectivity index (χ2n) is 8.53. The van der Waals surface area contributed by atoms with Crippen LogP contribution in [-0.2, 0) is 28.8 Å². The summed E-state index contributed by atoms with van der Waals surface area (Å²) in [7, 11) is 0. The van der Waals surface area contributed by atoms with Gasteiger partial charge in [-0.05, 0) is 24.7 Å². The summed E-state index contributed by atoms with van der Waals surface area (Å²) in [6, 6.07) is -5.04. The van der Waals surface area contributed by atoms with E-state index in [0.29, 0.717) is 0 Å². The van der Waals surface area contributed by atoms with Crippen molar-refractivity contribution >= 4 is 35.6 Å². The molecular formula is C20H35N5O8. The van der Waals surface area contributed by atoms with E-state index in [1.165, 1.54) is 0 Å². The molecule has 0 rings (SSSR count). The number of nitrogens with two attached hydrogens (primary N) is 2. The summed E-state index contributed by atoms with van der Waals surface area (Å²) in [6.07, 6.45) is -1.02. The van der Waals surface area contributed by atoms with Crippen molar-refractivity contribution in [3.05, 3.63) is 0 Å². The average molecular weight is 474 g/mol. The Morgan fingerprint density at radius 2 is 1.33 bits per heavy atom. The van der Waals surface area contributed by atoms with Crippen molar-refractivity contribution in [2.24, 2.45) is 23.3 Å². The van der Waals surface area contributed by atoms with E-state index in [0.717, 1.165) is 0 Å². The minimum atomic E-state index is -1.46. The summed E-state index contributed by atoms with van der Waals surface area (Å²) in [5, 5.41) is 25.1. The first-order valence-electron chi connectivity index (χ1n) is 10.5. The SMILES string of the molecule is CC(C)CC(NC(=O)C(CC(N)=O)NC(=O)C(N)CCC(=O)O)C(=O)NC(C(=O)O)C(C)C. The molecule has 13 heteroatoms. The van der Waals surface area contributed by atoms with Gasteiger partial charge in [0, 0.05) is 6.42 Å². The summed E-state index contributed by atoms with van der Waals surface area (Å²) in [5.41, 5.74) is 10.8. The predicted molar refractivity (Wildman–Crippen MR) is 116 cm³/mol. The molecule has 0 aliphatic carbocycles. The van der Waals surface area contributed by atoms with Gasteiger partial charge in [0.2, 0.25) is 23.6 Å². The van der Waals surface area contributed by atoms with Crippen LogP contribution in [0.1, 0.15) is 53.4 Å². The first kappa shape index (κ1) is 29.8. The summed E-state index contributed by atoms with van der Waals surface area (Å²) in [5.74, 6) is -6.30. The minimum absolute atomic E-state index is 0.0722. The van der Waals surface area contributed by atoms with E-state index in [1.54, 1.807) is 27.7 Å². The number of primary amides is 1. The third-order valence-electron chi connectivity index (χ3n) is 4.61. The lowest BCUT2D eigenvalue weighted by atomic mass is 10.00. The Morgan fingerprint density at radius 1 is 0.818 bits per heavy atom. The Labute approximate surface area is 192 Å². The molecule has 0 aromatic rings. The molecule has 0 aromatic carbocycles. The van der Waals surface area contributed by atoms with Crippen molar-refractivity contribution in [2.75, 3.05) is 0 Å². The lowest BCUT2D eigenvalue weighted by Gasteiger charge is -2.26. The van der Waals surface area contributed by atoms with E-state index in [9.17, 15) is 33.9 Å². The number of rotatable bonds is 15. The van der Waals surface area contributed by atoms with Gasteiger partial charge in [0.05, 0.1) is 12.5 Å². The van der Waals surface area contributed by atoms with Gasteiger partial charge in [0.1, 0.15) is 18.1 Å². The lowest BCUT2D eigenvalue weighted by Crippen LogP contribution is -2.58. The molecule has 0 aliphatic heterocycles. The molecule has 4 amide bonds. The quantitative estimate of drug-likeness (QED) is 0.143. The van der Waals surface area contributed by atoms with Gasteiger partial charge in [-0.25, -0.2) is 4.79 Å². The van der Waals surface area contributed by atoms with Crippen LogP contribution >= 0.6 is 0 Å². The molecule has 0 saturated carbocycles. The number of carboxylic acid groups (broad SMARTS) is 2. The van der Waals surface area contributed by atoms with E-state index < -0.39 is 72.1 Å². The number of hydrogen-bond acceptors (Lipinski definition) is 7. The van der Waals surface area contributed by atoms with Crippen molar-refractivity contribution in [1.29, 1.82) is 0 Å². The third-order valence-corrected chi connectivity index (χ3v) is 4.61. The number of carbonyl (C=O) groups is 6. The van der Waals surface area contributed by atoms with Crippen molar-refractivity contribution in [1.82, 2.24) is 16.0 Å². The monoisotopic (exact) mass is 473 g/mol. The molecule has 0 spiro atoms. The first-order valence-corrected chi connectivity index (χ1v) is 10.5. The zero-order chi connectivity index (χ0) is 25.9. The Bertz CT molecular complexity index is 740. The highest BCUT2D eigenvalue weighted by molar-refractivity contribution is 5.96. The smallest absolute Gasteiger partial charge is 0.326 e. The summed E-state index contributed by atoms with van der Waals surface area (Å²) in [6.45, 7) is 6.80. The molecular weight excluding hydrogens is 438 g/mol. The van der Waals surface area contributed by atoms with Crippen LogP contribution in [-0.4, -0.2) is 69.9 Å². The topological polar surface area (TPSA) is 231 Å². The van der Waals surface area contributed by atoms with Crippen LogP contribution in [0.15, 0.2) is 0 Å². The van der Waals surface area contributed by atoms with E-state index >= 15 is 0 Å². The standard InChI is InChI=1S/C20H35N5O8/c1-9(2)7-12(19(31)25-16(10(3)4)20(32)33)24-18(30)13(8-14(22)26)23-17(29)11(21)5-6-15(27)28/h9-13,16H,5-8,21H2,1-4H3,(H2,22,26)(H,23,29)(H,24,30)(H,25,31)(H,27,28)(H,32,33). The molecule has 0 heterocycles. The second-order valence-corrected chi connectivity index (χ2v) is 8.53. The molecule has 0 radical (unpaired) electrons. The maximum Gasteiger partial charge on any atom is 0.326 e. The van der Waals surface area contributed by atoms with Crippen molar-refractivity contribution < 1.29 is 39.0 Å². The molecule has 0 fully saturated rings. The van der Waals surface area contributed by atoms with Gasteiger partial charge in [-0.2, -0.15) is 0 Å². The molecule has 4 unspecified atom stereocenters. The van der Waals surface area contributed by atoms with Crippen molar-refractivity contribution in [3.8, 4) is 0 Å². The highest BCUT2D eigenvalue weighted by Crippen LogP contribution is 2.09. The summed E-state index contributed by atoms with van der Waals surface area (Å²) in [4.78, 5) is 71.2. The molecule has 0 aliphatic rings. The molecule has 0 bridgehead atoms. The Morgan fingerprint density at radius 3 is 1.76 bits per heavy atom. The highest BCUT2D eigenvalue weighted by atomic mass is 16.4. The molecule has 9 N–H and O–H groups in total. The number of aliphatic carboxylic acids is 2. The zero-order valence-corrected chi connectivity index (χ0v) is 19.3. The number of carboxylic acids is 2. The average Bonchev–Trinajstić information content (AvgIpc) is 2.67. The molecule has 4 atom stereocenters. The van der Waals surface area contributed by atoms with Crippen LogP contribution in [0.4, 0.5) is 0 Å². The van der Waals surface area contributed by atoms with E-state index in [1.807, 2.05) is 0 Å². The van der Waals surface area contributed by atoms with Crippen LogP contribution in [0, 0.1) is 11.8 Å². The summed E-state index contributed by atoms with van der Waals surface area (Å²) < 4.78 is 0. The Balaban J connectivity index is 5.49. The highest BCUT2D eigenvalue weighted by Gasteiger charge is 2.32. The van der Waals surface area contributed by atoms with E-state index in [-0.39, 0.29) is 25.2 Å². The molecule has 13 nitrogen and oxygen atoms in total. The van der Waals surface area contributed by atoms with Crippen LogP contribution in [0.25, 0.3) is 0 Å². The lowest BCUT2D eigenvalue weighted by molar-refractivity contribution is -0.143. The molecule has 188 valence electrons. The first-order chi connectivity index (χ1) is 15.1. The molecule has 0 saturated heterocycles. The van der Waals surface area contributed by atoms with Gasteiger partial charge in [0.25, 0.3) is 0 Å². The fourth-order valence-corrected chi connectivity index (χ4v) is 2.84. The van der Waals surface area contributed by atoms with Crippen LogP contribution in [0.2, 0.25) is 0 Å². The van der Waals surface area contributed by atoms with E-state index in [2.05, 4.69) is 16.0 Å². The van der Waals surface area contributed by atoms with Gasteiger partial charge in [-0.3, -0.25) is 24.0 Å². The van der Waals surface area contributed by atoms with Gasteiger partial charge in [-0.15, -0.1) is 0 Å². The van der Waals surface area contributed by atoms with Gasteiger partial charge in [-0.1, -0.05) is 27.7 Å². The van der Waals surface area contributed by atoms with Gasteiger partial charge in [0.15, 0.2) is 0 Å². The minimum Gasteiger partial charge on any atom is -0.481 e. The van der Waals surface area contributed by atoms with Gasteiger partial charge < -0.3 is 37.6 Å². The zero-order valence-electron chi connectivity index (χ0n) is 19.3. The van der Waals surface area contributed by atoms with Crippen molar-refractivity contribution in [2.45, 2.75) is 77.5 Å². The summed E-state index contributed by atoms with van der Waals surface area (Å²) >= 11 is 0. The molecule has 33 heavy (non-hydrogen) atoms. The van der Waals surface area contributed by atoms with E-state index in [4.69, 9.17) is 16.6 Å². The Kier molecular flexibility index (Phi) is 12.7. The fourth-order valence-electron chi connectivity index (χ4n) is 2.84. The Hall–Kier alpha value is -3.22. The van der Waals surface area contributed by atoms with Crippen molar-refractivity contribution in [3.63, 3.8) is 0 Å². The van der Waals surface area contributed by atoms with Crippen LogP contribution < -0.4 is 27.4 Å².